The van der Waals surface area contributed by atoms with E-state index in [-0.39, 0.29) is 13.0 Å². The number of esters is 1. The quantitative estimate of drug-likeness (QED) is 0.321. The van der Waals surface area contributed by atoms with Crippen LogP contribution < -0.4 is 10.6 Å². The summed E-state index contributed by atoms with van der Waals surface area (Å²) in [5.41, 5.74) is 1.67. The maximum absolute atomic E-state index is 13.0. The number of benzene rings is 2. The summed E-state index contributed by atoms with van der Waals surface area (Å²) in [7, 11) is 1.25. The highest BCUT2D eigenvalue weighted by molar-refractivity contribution is 5.89. The highest BCUT2D eigenvalue weighted by atomic mass is 16.5. The average molecular weight is 437 g/mol. The van der Waals surface area contributed by atoms with Crippen LogP contribution in [0.1, 0.15) is 30.4 Å². The van der Waals surface area contributed by atoms with Crippen LogP contribution in [0.3, 0.4) is 0 Å². The summed E-state index contributed by atoms with van der Waals surface area (Å²) in [5, 5.41) is 5.28. The van der Waals surface area contributed by atoms with Crippen molar-refractivity contribution in [2.75, 3.05) is 7.11 Å². The van der Waals surface area contributed by atoms with Gasteiger partial charge in [-0.15, -0.1) is 12.3 Å². The predicted molar refractivity (Wildman–Crippen MR) is 120 cm³/mol. The molecule has 0 heterocycles. The number of alkyl carbamates (subject to hydrolysis) is 1. The van der Waals surface area contributed by atoms with Crippen molar-refractivity contribution in [3.63, 3.8) is 0 Å². The molecule has 2 amide bonds. The van der Waals surface area contributed by atoms with Crippen molar-refractivity contribution in [1.82, 2.24) is 10.6 Å². The molecule has 7 nitrogen and oxygen atoms in total. The molecule has 2 N–H and O–H groups in total. The lowest BCUT2D eigenvalue weighted by Gasteiger charge is -2.22. The summed E-state index contributed by atoms with van der Waals surface area (Å²) in [6.45, 7) is 0.0726. The van der Waals surface area contributed by atoms with Gasteiger partial charge in [-0.05, 0) is 24.0 Å². The highest BCUT2D eigenvalue weighted by Crippen LogP contribution is 2.08. The van der Waals surface area contributed by atoms with Gasteiger partial charge in [-0.2, -0.15) is 0 Å². The van der Waals surface area contributed by atoms with Gasteiger partial charge < -0.3 is 20.1 Å². The van der Waals surface area contributed by atoms with Gasteiger partial charge in [0.05, 0.1) is 7.11 Å². The van der Waals surface area contributed by atoms with E-state index >= 15 is 0 Å². The molecular formula is C25H28N2O5. The van der Waals surface area contributed by atoms with Crippen LogP contribution in [0, 0.1) is 12.3 Å². The number of nitrogens with one attached hydrogen (secondary N) is 2. The molecule has 2 aromatic rings. The summed E-state index contributed by atoms with van der Waals surface area (Å²) in [6.07, 6.45) is 6.12. The molecule has 0 unspecified atom stereocenters. The van der Waals surface area contributed by atoms with E-state index in [0.29, 0.717) is 19.3 Å². The molecule has 2 atom stereocenters. The number of carbonyl (C=O) groups excluding carboxylic acids is 3. The molecule has 0 aromatic heterocycles. The minimum Gasteiger partial charge on any atom is -0.467 e. The van der Waals surface area contributed by atoms with E-state index in [9.17, 15) is 14.4 Å². The van der Waals surface area contributed by atoms with Gasteiger partial charge in [0.25, 0.3) is 0 Å². The van der Waals surface area contributed by atoms with Crippen LogP contribution >= 0.6 is 0 Å². The Hall–Kier alpha value is -3.79. The fourth-order valence-corrected chi connectivity index (χ4v) is 3.04. The van der Waals surface area contributed by atoms with Gasteiger partial charge in [0.1, 0.15) is 18.7 Å². The zero-order valence-electron chi connectivity index (χ0n) is 18.1. The minimum atomic E-state index is -0.944. The van der Waals surface area contributed by atoms with E-state index in [2.05, 4.69) is 16.6 Å². The maximum atomic E-state index is 13.0. The Bertz CT molecular complexity index is 909. The van der Waals surface area contributed by atoms with Crippen molar-refractivity contribution in [3.05, 3.63) is 71.8 Å². The molecule has 0 aliphatic rings. The number of amides is 2. The van der Waals surface area contributed by atoms with E-state index in [1.54, 1.807) is 0 Å². The topological polar surface area (TPSA) is 93.7 Å². The number of rotatable bonds is 11. The van der Waals surface area contributed by atoms with Crippen molar-refractivity contribution < 1.29 is 23.9 Å². The fourth-order valence-electron chi connectivity index (χ4n) is 3.04. The van der Waals surface area contributed by atoms with Gasteiger partial charge in [0.15, 0.2) is 0 Å². The van der Waals surface area contributed by atoms with Crippen molar-refractivity contribution in [2.45, 2.75) is 44.4 Å². The first kappa shape index (κ1) is 24.5. The van der Waals surface area contributed by atoms with Crippen LogP contribution in [-0.2, 0) is 32.1 Å². The largest absolute Gasteiger partial charge is 0.467 e. The lowest BCUT2D eigenvalue weighted by molar-refractivity contribution is -0.145. The van der Waals surface area contributed by atoms with Crippen LogP contribution in [0.2, 0.25) is 0 Å². The number of ether oxygens (including phenoxy) is 2. The highest BCUT2D eigenvalue weighted by Gasteiger charge is 2.27. The summed E-state index contributed by atoms with van der Waals surface area (Å²) in [6, 6.07) is 16.7. The normalized spacial score (nSPS) is 12.0. The van der Waals surface area contributed by atoms with Gasteiger partial charge >= 0.3 is 12.1 Å². The van der Waals surface area contributed by atoms with E-state index in [4.69, 9.17) is 15.9 Å². The van der Waals surface area contributed by atoms with Gasteiger partial charge in [-0.3, -0.25) is 4.79 Å². The number of hydrogen-bond donors (Lipinski definition) is 2. The molecule has 0 fully saturated rings. The first-order chi connectivity index (χ1) is 15.5. The van der Waals surface area contributed by atoms with Crippen molar-refractivity contribution in [1.29, 1.82) is 0 Å². The second-order valence-corrected chi connectivity index (χ2v) is 7.13. The fraction of sp³-hybridized carbons (Fsp3) is 0.320. The van der Waals surface area contributed by atoms with Crippen LogP contribution in [0.4, 0.5) is 4.79 Å². The van der Waals surface area contributed by atoms with Gasteiger partial charge in [0.2, 0.25) is 5.91 Å². The van der Waals surface area contributed by atoms with Crippen molar-refractivity contribution in [3.8, 4) is 12.3 Å². The lowest BCUT2D eigenvalue weighted by Crippen LogP contribution is -2.52. The summed E-state index contributed by atoms with van der Waals surface area (Å²) < 4.78 is 10.0. The van der Waals surface area contributed by atoms with Gasteiger partial charge in [0, 0.05) is 12.8 Å². The molecule has 7 heteroatoms. The van der Waals surface area contributed by atoms with Crippen LogP contribution in [0.5, 0.6) is 0 Å². The van der Waals surface area contributed by atoms with E-state index in [1.165, 1.54) is 7.11 Å². The standard InChI is InChI=1S/C25H28N2O5/c1-3-4-7-16-21(24(29)31-2)26-23(28)22(17-19-12-8-5-9-13-19)27-25(30)32-18-20-14-10-6-11-15-20/h1,5-6,8-15,21-22H,4,7,16-18H2,2H3,(H,26,28)(H,27,30)/t21-,22+/m0/s1. The van der Waals surface area contributed by atoms with E-state index < -0.39 is 30.1 Å². The third kappa shape index (κ3) is 8.52. The Labute approximate surface area is 188 Å². The van der Waals surface area contributed by atoms with Crippen molar-refractivity contribution >= 4 is 18.0 Å². The monoisotopic (exact) mass is 436 g/mol. The predicted octanol–water partition coefficient (Wildman–Crippen LogP) is 2.99. The smallest absolute Gasteiger partial charge is 0.408 e. The van der Waals surface area contributed by atoms with Crippen LogP contribution in [-0.4, -0.2) is 37.2 Å². The SMILES string of the molecule is C#CCCC[C@H](NC(=O)[C@@H](Cc1ccccc1)NC(=O)OCc1ccccc1)C(=O)OC. The zero-order valence-corrected chi connectivity index (χ0v) is 18.1. The summed E-state index contributed by atoms with van der Waals surface area (Å²) in [4.78, 5) is 37.5. The molecule has 0 aliphatic carbocycles. The number of unbranched alkanes of at least 4 members (excludes halogenated alkanes) is 1. The average Bonchev–Trinajstić information content (AvgIpc) is 2.82. The van der Waals surface area contributed by atoms with Crippen LogP contribution in [0.25, 0.3) is 0 Å². The molecule has 2 aromatic carbocycles. The second-order valence-electron chi connectivity index (χ2n) is 7.13. The first-order valence-corrected chi connectivity index (χ1v) is 10.4. The Morgan fingerprint density at radius 2 is 1.56 bits per heavy atom. The molecule has 0 saturated heterocycles. The Balaban J connectivity index is 2.06. The Morgan fingerprint density at radius 3 is 2.16 bits per heavy atom. The number of carbonyl (C=O) groups is 3. The second kappa shape index (κ2) is 13.5. The molecule has 32 heavy (non-hydrogen) atoms. The molecule has 168 valence electrons. The lowest BCUT2D eigenvalue weighted by atomic mass is 10.0. The third-order valence-electron chi connectivity index (χ3n) is 4.72. The zero-order chi connectivity index (χ0) is 23.2. The minimum absolute atomic E-state index is 0.0726. The third-order valence-corrected chi connectivity index (χ3v) is 4.72. The Morgan fingerprint density at radius 1 is 0.938 bits per heavy atom. The number of terminal acetylenes is 1. The molecule has 0 aliphatic heterocycles. The number of methoxy groups -OCH3 is 1. The number of hydrogen-bond acceptors (Lipinski definition) is 5. The van der Waals surface area contributed by atoms with Crippen LogP contribution in [0.15, 0.2) is 60.7 Å². The molecule has 0 saturated carbocycles. The van der Waals surface area contributed by atoms with Crippen molar-refractivity contribution in [2.24, 2.45) is 0 Å². The molecular weight excluding hydrogens is 408 g/mol. The van der Waals surface area contributed by atoms with Gasteiger partial charge in [-0.1, -0.05) is 60.7 Å². The maximum Gasteiger partial charge on any atom is 0.408 e. The molecule has 0 spiro atoms. The first-order valence-electron chi connectivity index (χ1n) is 10.4. The summed E-state index contributed by atoms with van der Waals surface area (Å²) >= 11 is 0. The molecule has 0 bridgehead atoms. The Kier molecular flexibility index (Phi) is 10.3. The van der Waals surface area contributed by atoms with E-state index in [1.807, 2.05) is 60.7 Å². The van der Waals surface area contributed by atoms with Gasteiger partial charge in [-0.25, -0.2) is 9.59 Å². The molecule has 0 radical (unpaired) electrons. The van der Waals surface area contributed by atoms with E-state index in [0.717, 1.165) is 11.1 Å². The molecule has 2 rings (SSSR count). The summed E-state index contributed by atoms with van der Waals surface area (Å²) in [5.74, 6) is 1.42.